The zero-order valence-corrected chi connectivity index (χ0v) is 11.9. The summed E-state index contributed by atoms with van der Waals surface area (Å²) in [6.45, 7) is 3.89. The highest BCUT2D eigenvalue weighted by molar-refractivity contribution is 5.66. The molecule has 1 aromatic heterocycles. The van der Waals surface area contributed by atoms with E-state index in [4.69, 9.17) is 11.0 Å². The minimum Gasteiger partial charge on any atom is -0.383 e. The van der Waals surface area contributed by atoms with Crippen LogP contribution in [-0.2, 0) is 6.42 Å². The lowest BCUT2D eigenvalue weighted by molar-refractivity contribution is 0.921. The highest BCUT2D eigenvalue weighted by atomic mass is 15.2. The number of aromatic nitrogens is 2. The van der Waals surface area contributed by atoms with Crippen molar-refractivity contribution in [1.82, 2.24) is 9.97 Å². The summed E-state index contributed by atoms with van der Waals surface area (Å²) in [6, 6.07) is 9.52. The minimum absolute atomic E-state index is 0.495. The molecular weight excluding hydrogens is 250 g/mol. The number of rotatable bonds is 3. The van der Waals surface area contributed by atoms with Crippen LogP contribution in [0.5, 0.6) is 0 Å². The second-order valence-corrected chi connectivity index (χ2v) is 4.55. The van der Waals surface area contributed by atoms with Crippen LogP contribution in [0.3, 0.4) is 0 Å². The molecule has 0 unspecified atom stereocenters. The SMILES string of the molecule is CCc1nc(N)c(C)c(N(C)c2cccc(C#N)c2)n1. The van der Waals surface area contributed by atoms with Gasteiger partial charge in [-0.05, 0) is 25.1 Å². The molecule has 20 heavy (non-hydrogen) atoms. The lowest BCUT2D eigenvalue weighted by atomic mass is 10.2. The normalized spacial score (nSPS) is 10.1. The third-order valence-corrected chi connectivity index (χ3v) is 3.20. The van der Waals surface area contributed by atoms with Crippen molar-refractivity contribution >= 4 is 17.3 Å². The van der Waals surface area contributed by atoms with Crippen molar-refractivity contribution in [3.05, 3.63) is 41.2 Å². The van der Waals surface area contributed by atoms with Crippen molar-refractivity contribution in [1.29, 1.82) is 5.26 Å². The third kappa shape index (κ3) is 2.54. The van der Waals surface area contributed by atoms with Gasteiger partial charge in [0.2, 0.25) is 0 Å². The Morgan fingerprint density at radius 2 is 2.10 bits per heavy atom. The van der Waals surface area contributed by atoms with Gasteiger partial charge in [0.15, 0.2) is 0 Å². The number of nitrogens with zero attached hydrogens (tertiary/aromatic N) is 4. The monoisotopic (exact) mass is 267 g/mol. The number of benzene rings is 1. The molecule has 2 rings (SSSR count). The van der Waals surface area contributed by atoms with Gasteiger partial charge in [-0.15, -0.1) is 0 Å². The van der Waals surface area contributed by atoms with E-state index in [0.717, 1.165) is 23.5 Å². The maximum atomic E-state index is 8.98. The van der Waals surface area contributed by atoms with Crippen molar-refractivity contribution in [3.8, 4) is 6.07 Å². The van der Waals surface area contributed by atoms with Crippen LogP contribution in [0.2, 0.25) is 0 Å². The summed E-state index contributed by atoms with van der Waals surface area (Å²) in [5, 5.41) is 8.98. The fraction of sp³-hybridized carbons (Fsp3) is 0.267. The summed E-state index contributed by atoms with van der Waals surface area (Å²) in [6.07, 6.45) is 0.726. The standard InChI is InChI=1S/C15H17N5/c1-4-13-18-14(17)10(2)15(19-13)20(3)12-7-5-6-11(8-12)9-16/h5-8H,4H2,1-3H3,(H2,17,18,19). The molecule has 2 N–H and O–H groups in total. The molecule has 0 atom stereocenters. The van der Waals surface area contributed by atoms with Gasteiger partial charge >= 0.3 is 0 Å². The van der Waals surface area contributed by atoms with Crippen LogP contribution in [0, 0.1) is 18.3 Å². The smallest absolute Gasteiger partial charge is 0.141 e. The lowest BCUT2D eigenvalue weighted by Gasteiger charge is -2.21. The van der Waals surface area contributed by atoms with Gasteiger partial charge in [0.25, 0.3) is 0 Å². The summed E-state index contributed by atoms with van der Waals surface area (Å²) < 4.78 is 0. The van der Waals surface area contributed by atoms with Crippen LogP contribution in [0.4, 0.5) is 17.3 Å². The second kappa shape index (κ2) is 5.57. The molecule has 1 aromatic carbocycles. The van der Waals surface area contributed by atoms with E-state index in [9.17, 15) is 0 Å². The van der Waals surface area contributed by atoms with Gasteiger partial charge in [0.05, 0.1) is 11.6 Å². The Bertz CT molecular complexity index is 672. The van der Waals surface area contributed by atoms with Crippen LogP contribution in [0.1, 0.15) is 23.9 Å². The van der Waals surface area contributed by atoms with Crippen LogP contribution in [0.15, 0.2) is 24.3 Å². The molecule has 0 saturated carbocycles. The van der Waals surface area contributed by atoms with Gasteiger partial charge in [-0.2, -0.15) is 5.26 Å². The maximum absolute atomic E-state index is 8.98. The summed E-state index contributed by atoms with van der Waals surface area (Å²) in [4.78, 5) is 10.7. The van der Waals surface area contributed by atoms with E-state index in [1.807, 2.05) is 44.0 Å². The molecule has 0 amide bonds. The molecule has 0 radical (unpaired) electrons. The molecule has 1 heterocycles. The Labute approximate surface area is 118 Å². The van der Waals surface area contributed by atoms with Crippen molar-refractivity contribution < 1.29 is 0 Å². The van der Waals surface area contributed by atoms with Gasteiger partial charge in [0, 0.05) is 24.7 Å². The number of hydrogen-bond donors (Lipinski definition) is 1. The quantitative estimate of drug-likeness (QED) is 0.924. The largest absolute Gasteiger partial charge is 0.383 e. The molecular formula is C15H17N5. The number of hydrogen-bond acceptors (Lipinski definition) is 5. The highest BCUT2D eigenvalue weighted by Gasteiger charge is 2.13. The molecule has 0 fully saturated rings. The van der Waals surface area contributed by atoms with E-state index in [0.29, 0.717) is 17.2 Å². The maximum Gasteiger partial charge on any atom is 0.141 e. The Morgan fingerprint density at radius 1 is 1.35 bits per heavy atom. The van der Waals surface area contributed by atoms with Crippen LogP contribution in [0.25, 0.3) is 0 Å². The van der Waals surface area contributed by atoms with Crippen molar-refractivity contribution in [2.75, 3.05) is 17.7 Å². The Morgan fingerprint density at radius 3 is 2.75 bits per heavy atom. The van der Waals surface area contributed by atoms with Gasteiger partial charge in [-0.1, -0.05) is 13.0 Å². The molecule has 5 heteroatoms. The Balaban J connectivity index is 2.50. The van der Waals surface area contributed by atoms with Gasteiger partial charge < -0.3 is 10.6 Å². The van der Waals surface area contributed by atoms with Crippen molar-refractivity contribution in [3.63, 3.8) is 0 Å². The fourth-order valence-corrected chi connectivity index (χ4v) is 1.96. The fourth-order valence-electron chi connectivity index (χ4n) is 1.96. The third-order valence-electron chi connectivity index (χ3n) is 3.20. The number of nitrogen functional groups attached to an aromatic ring is 1. The number of nitriles is 1. The van der Waals surface area contributed by atoms with E-state index in [2.05, 4.69) is 16.0 Å². The van der Waals surface area contributed by atoms with E-state index in [1.165, 1.54) is 0 Å². The van der Waals surface area contributed by atoms with Crippen molar-refractivity contribution in [2.45, 2.75) is 20.3 Å². The van der Waals surface area contributed by atoms with Crippen LogP contribution < -0.4 is 10.6 Å². The molecule has 5 nitrogen and oxygen atoms in total. The molecule has 102 valence electrons. The number of aryl methyl sites for hydroxylation is 1. The lowest BCUT2D eigenvalue weighted by Crippen LogP contribution is -2.16. The predicted molar refractivity (Wildman–Crippen MR) is 79.8 cm³/mol. The molecule has 0 aliphatic rings. The summed E-state index contributed by atoms with van der Waals surface area (Å²) >= 11 is 0. The molecule has 0 aliphatic heterocycles. The summed E-state index contributed by atoms with van der Waals surface area (Å²) in [5.41, 5.74) is 8.29. The van der Waals surface area contributed by atoms with E-state index < -0.39 is 0 Å². The zero-order chi connectivity index (χ0) is 14.7. The first-order valence-electron chi connectivity index (χ1n) is 6.43. The number of anilines is 3. The first kappa shape index (κ1) is 13.8. The van der Waals surface area contributed by atoms with E-state index >= 15 is 0 Å². The molecule has 0 spiro atoms. The van der Waals surface area contributed by atoms with Gasteiger partial charge in [-0.25, -0.2) is 9.97 Å². The highest BCUT2D eigenvalue weighted by Crippen LogP contribution is 2.27. The van der Waals surface area contributed by atoms with Gasteiger partial charge in [0.1, 0.15) is 17.5 Å². The van der Waals surface area contributed by atoms with Crippen LogP contribution >= 0.6 is 0 Å². The number of nitrogens with two attached hydrogens (primary N) is 1. The van der Waals surface area contributed by atoms with Crippen LogP contribution in [-0.4, -0.2) is 17.0 Å². The second-order valence-electron chi connectivity index (χ2n) is 4.55. The predicted octanol–water partition coefficient (Wildman–Crippen LogP) is 2.57. The van der Waals surface area contributed by atoms with E-state index in [-0.39, 0.29) is 0 Å². The molecule has 0 aliphatic carbocycles. The molecule has 0 bridgehead atoms. The van der Waals surface area contributed by atoms with E-state index in [1.54, 1.807) is 6.07 Å². The average molecular weight is 267 g/mol. The first-order chi connectivity index (χ1) is 9.56. The summed E-state index contributed by atoms with van der Waals surface area (Å²) in [7, 11) is 1.91. The van der Waals surface area contributed by atoms with Crippen molar-refractivity contribution in [2.24, 2.45) is 0 Å². The topological polar surface area (TPSA) is 78.8 Å². The Kier molecular flexibility index (Phi) is 3.85. The molecule has 0 saturated heterocycles. The minimum atomic E-state index is 0.495. The Hall–Kier alpha value is -2.61. The zero-order valence-electron chi connectivity index (χ0n) is 11.9. The molecule has 2 aromatic rings. The average Bonchev–Trinajstić information content (AvgIpc) is 2.49. The summed E-state index contributed by atoms with van der Waals surface area (Å²) in [5.74, 6) is 1.98. The van der Waals surface area contributed by atoms with Gasteiger partial charge in [-0.3, -0.25) is 0 Å². The first-order valence-corrected chi connectivity index (χ1v) is 6.43.